The van der Waals surface area contributed by atoms with Crippen molar-refractivity contribution < 1.29 is 10.4 Å². The Balaban J connectivity index is 2.87. The minimum Gasteiger partial charge on any atom is -0.304 e. The summed E-state index contributed by atoms with van der Waals surface area (Å²) in [7, 11) is 0. The Morgan fingerprint density at radius 3 is 3.29 bits per heavy atom. The van der Waals surface area contributed by atoms with E-state index in [0.29, 0.717) is 5.31 Å². The summed E-state index contributed by atoms with van der Waals surface area (Å²) in [5.74, 6) is 0. The molecule has 1 unspecified atom stereocenters. The molecule has 0 aromatic heterocycles. The second-order valence-electron chi connectivity index (χ2n) is 1.13. The first-order valence-electron chi connectivity index (χ1n) is 3.68. The normalized spacial score (nSPS) is 57.7. The van der Waals surface area contributed by atoms with Crippen molar-refractivity contribution in [3.05, 3.63) is 10.1 Å². The molecule has 0 bridgehead atoms. The number of nitrogens with zero attached hydrogens (tertiary/aromatic N) is 1. The van der Waals surface area contributed by atoms with E-state index in [4.69, 9.17) is 5.52 Å². The summed E-state index contributed by atoms with van der Waals surface area (Å²) in [6.45, 7) is -2.97. The molecule has 0 spiro atoms. The summed E-state index contributed by atoms with van der Waals surface area (Å²) in [5.41, 5.74) is 0. The molecule has 1 saturated heterocycles. The lowest BCUT2D eigenvalue weighted by Crippen LogP contribution is -2.51. The second-order valence-corrected chi connectivity index (χ2v) is 1.13. The van der Waals surface area contributed by atoms with E-state index in [1.807, 2.05) is 0 Å². The van der Waals surface area contributed by atoms with Gasteiger partial charge in [-0.25, -0.2) is 0 Å². The van der Waals surface area contributed by atoms with Crippen molar-refractivity contribution in [3.63, 3.8) is 0 Å². The molecular formula is C3H6N2O2. The molecule has 0 aromatic carbocycles. The van der Waals surface area contributed by atoms with Crippen LogP contribution in [0.4, 0.5) is 0 Å². The van der Waals surface area contributed by atoms with E-state index in [-0.39, 0.29) is 0 Å². The van der Waals surface area contributed by atoms with E-state index in [2.05, 4.69) is 0 Å². The number of rotatable bonds is 1. The molecule has 0 amide bonds. The number of hydrogen-bond acceptors (Lipinski definition) is 3. The van der Waals surface area contributed by atoms with Crippen molar-refractivity contribution in [1.29, 1.82) is 0 Å². The van der Waals surface area contributed by atoms with E-state index < -0.39 is 24.0 Å². The third-order valence-corrected chi connectivity index (χ3v) is 0.657. The van der Waals surface area contributed by atoms with E-state index in [9.17, 15) is 10.1 Å². The molecule has 1 rings (SSSR count). The van der Waals surface area contributed by atoms with Crippen LogP contribution in [-0.4, -0.2) is 24.0 Å². The van der Waals surface area contributed by atoms with Gasteiger partial charge in [-0.2, -0.15) is 0 Å². The lowest BCUT2D eigenvalue weighted by Gasteiger charge is -2.17. The van der Waals surface area contributed by atoms with Crippen LogP contribution in [0, 0.1) is 10.1 Å². The zero-order valence-electron chi connectivity index (χ0n) is 7.42. The van der Waals surface area contributed by atoms with Crippen molar-refractivity contribution >= 4 is 0 Å². The molecule has 7 heavy (non-hydrogen) atoms. The summed E-state index contributed by atoms with van der Waals surface area (Å²) in [6.07, 6.45) is 0. The molecule has 1 heterocycles. The van der Waals surface area contributed by atoms with Crippen LogP contribution in [0.1, 0.15) is 4.11 Å². The minimum absolute atomic E-state index is 0.392. The first-order chi connectivity index (χ1) is 4.82. The average Bonchev–Trinajstić information content (AvgIpc) is 1.87. The molecule has 1 aliphatic rings. The smallest absolute Gasteiger partial charge is 0.237 e. The van der Waals surface area contributed by atoms with Gasteiger partial charge in [0.1, 0.15) is 2.78 Å². The Hall–Kier alpha value is -0.640. The third-order valence-electron chi connectivity index (χ3n) is 0.657. The molecular weight excluding hydrogens is 96.0 g/mol. The fourth-order valence-corrected chi connectivity index (χ4v) is 0.248. The number of nitrogens with one attached hydrogen (secondary N) is 1. The van der Waals surface area contributed by atoms with E-state index in [1.165, 1.54) is 0 Å². The van der Waals surface area contributed by atoms with Crippen LogP contribution in [-0.2, 0) is 0 Å². The molecule has 1 atom stereocenters. The fraction of sp³-hybridized carbons (Fsp3) is 1.00. The third kappa shape index (κ3) is 0.691. The zero-order chi connectivity index (χ0) is 8.86. The van der Waals surface area contributed by atoms with Crippen molar-refractivity contribution in [3.8, 4) is 0 Å². The number of nitro groups is 1. The number of hydrogen-bond donors (Lipinski definition) is 1. The van der Waals surface area contributed by atoms with Crippen molar-refractivity contribution in [1.82, 2.24) is 5.31 Å². The largest absolute Gasteiger partial charge is 0.304 e. The highest BCUT2D eigenvalue weighted by molar-refractivity contribution is 4.72. The summed E-state index contributed by atoms with van der Waals surface area (Å²) in [6, 6.07) is -2.37. The first kappa shape index (κ1) is 1.70. The topological polar surface area (TPSA) is 55.2 Å². The molecule has 0 saturated carbocycles. The predicted molar refractivity (Wildman–Crippen MR) is 23.7 cm³/mol. The highest BCUT2D eigenvalue weighted by Crippen LogP contribution is 1.93. The van der Waals surface area contributed by atoms with Crippen molar-refractivity contribution in [2.75, 3.05) is 13.0 Å². The lowest BCUT2D eigenvalue weighted by atomic mass is 10.2. The second kappa shape index (κ2) is 1.46. The van der Waals surface area contributed by atoms with Gasteiger partial charge in [0.2, 0.25) is 6.02 Å². The lowest BCUT2D eigenvalue weighted by molar-refractivity contribution is -0.528. The van der Waals surface area contributed by atoms with Crippen molar-refractivity contribution in [2.24, 2.45) is 0 Å². The van der Waals surface area contributed by atoms with Crippen LogP contribution in [0.3, 0.4) is 0 Å². The van der Waals surface area contributed by atoms with E-state index in [1.54, 1.807) is 0 Å². The van der Waals surface area contributed by atoms with Gasteiger partial charge in [0.05, 0.1) is 15.8 Å². The van der Waals surface area contributed by atoms with Crippen LogP contribution in [0.2, 0.25) is 1.41 Å². The average molecular weight is 106 g/mol. The SMILES string of the molecule is [2H]N1CC([2H])([N+](=O)[O-])C1([2H])[2H]. The molecule has 4 heteroatoms. The van der Waals surface area contributed by atoms with Crippen LogP contribution in [0.5, 0.6) is 0 Å². The molecule has 0 aromatic rings. The van der Waals surface area contributed by atoms with Gasteiger partial charge < -0.3 is 5.31 Å². The Morgan fingerprint density at radius 1 is 2.43 bits per heavy atom. The van der Waals surface area contributed by atoms with Gasteiger partial charge in [-0.15, -0.1) is 0 Å². The summed E-state index contributed by atoms with van der Waals surface area (Å²) < 4.78 is 27.7. The maximum Gasteiger partial charge on any atom is 0.237 e. The maximum absolute atomic E-state index is 10.1. The van der Waals surface area contributed by atoms with Crippen molar-refractivity contribution in [2.45, 2.75) is 6.02 Å². The van der Waals surface area contributed by atoms with Gasteiger partial charge in [0.15, 0.2) is 0 Å². The van der Waals surface area contributed by atoms with Crippen LogP contribution in [0.15, 0.2) is 0 Å². The summed E-state index contributed by atoms with van der Waals surface area (Å²) in [5, 5.41) is 10.5. The molecule has 1 N–H and O–H groups in total. The van der Waals surface area contributed by atoms with Crippen LogP contribution >= 0.6 is 0 Å². The Kier molecular flexibility index (Phi) is 0.355. The highest BCUT2D eigenvalue weighted by Gasteiger charge is 2.26. The highest BCUT2D eigenvalue weighted by atomic mass is 16.6. The fourth-order valence-electron chi connectivity index (χ4n) is 0.248. The molecule has 4 nitrogen and oxygen atoms in total. The molecule has 1 aliphatic heterocycles. The zero-order valence-corrected chi connectivity index (χ0v) is 3.42. The van der Waals surface area contributed by atoms with Gasteiger partial charge in [0, 0.05) is 4.92 Å². The van der Waals surface area contributed by atoms with E-state index in [0.717, 1.165) is 0 Å². The van der Waals surface area contributed by atoms with Gasteiger partial charge in [-0.1, -0.05) is 0 Å². The van der Waals surface area contributed by atoms with Gasteiger partial charge in [-0.3, -0.25) is 10.1 Å². The first-order valence-corrected chi connectivity index (χ1v) is 1.73. The van der Waals surface area contributed by atoms with E-state index >= 15 is 0 Å². The Labute approximate surface area is 46.3 Å². The van der Waals surface area contributed by atoms with Crippen LogP contribution < -0.4 is 5.31 Å². The standard InChI is InChI=1S/C3H6N2O2/c6-5(7)3-1-4-2-3/h3-4H,1-2H2/i1D2,3D/hD. The van der Waals surface area contributed by atoms with Gasteiger partial charge in [0.25, 0.3) is 0 Å². The summed E-state index contributed by atoms with van der Waals surface area (Å²) >= 11 is 0. The van der Waals surface area contributed by atoms with Gasteiger partial charge in [-0.05, 0) is 0 Å². The summed E-state index contributed by atoms with van der Waals surface area (Å²) in [4.78, 5) is 9.13. The Bertz CT molecular complexity index is 210. The Morgan fingerprint density at radius 2 is 3.14 bits per heavy atom. The molecule has 1 fully saturated rings. The molecule has 0 radical (unpaired) electrons. The molecule has 0 aliphatic carbocycles. The van der Waals surface area contributed by atoms with Gasteiger partial charge >= 0.3 is 0 Å². The maximum atomic E-state index is 10.1. The predicted octanol–water partition coefficient (Wildman–Crippen LogP) is -0.765. The monoisotopic (exact) mass is 106 g/mol. The minimum atomic E-state index is -2.48. The molecule has 40 valence electrons. The van der Waals surface area contributed by atoms with Crippen LogP contribution in [0.25, 0.3) is 0 Å². The quantitative estimate of drug-likeness (QED) is 0.353.